The van der Waals surface area contributed by atoms with Crippen molar-refractivity contribution in [2.75, 3.05) is 41.4 Å². The summed E-state index contributed by atoms with van der Waals surface area (Å²) in [6, 6.07) is 2.02. The van der Waals surface area contributed by atoms with Gasteiger partial charge >= 0.3 is 0 Å². The smallest absolute Gasteiger partial charge is 0.206 e. The number of hydrogen-bond donors (Lipinski definition) is 0. The van der Waals surface area contributed by atoms with Crippen LogP contribution >= 0.6 is 8.38 Å². The molecule has 1 unspecified atom stereocenters. The first kappa shape index (κ1) is 18.8. The molecule has 0 saturated heterocycles. The molecule has 0 aliphatic heterocycles. The van der Waals surface area contributed by atoms with Crippen LogP contribution in [0.15, 0.2) is 0 Å². The average molecular weight is 310 g/mol. The highest BCUT2D eigenvalue weighted by Crippen LogP contribution is 2.45. The Morgan fingerprint density at radius 3 is 2.29 bits per heavy atom. The third kappa shape index (κ3) is 7.04. The van der Waals surface area contributed by atoms with Crippen LogP contribution in [0.1, 0.15) is 12.8 Å². The highest BCUT2D eigenvalue weighted by molar-refractivity contribution is 7.47. The molecule has 0 N–H and O–H groups in total. The molecule has 0 aromatic rings. The Hall–Kier alpha value is -0.240. The fourth-order valence-corrected chi connectivity index (χ4v) is 3.70. The van der Waals surface area contributed by atoms with Gasteiger partial charge in [0.15, 0.2) is 0 Å². The summed E-state index contributed by atoms with van der Waals surface area (Å²) in [4.78, 5) is 4.11. The van der Waals surface area contributed by atoms with Crippen molar-refractivity contribution >= 4 is 8.38 Å². The van der Waals surface area contributed by atoms with Crippen molar-refractivity contribution in [3.8, 4) is 6.07 Å². The zero-order valence-corrected chi connectivity index (χ0v) is 14.2. The van der Waals surface area contributed by atoms with Gasteiger partial charge in [0, 0.05) is 0 Å². The summed E-state index contributed by atoms with van der Waals surface area (Å²) in [6.45, 7) is 0.702. The fourth-order valence-electron chi connectivity index (χ4n) is 2.11. The molecule has 5 nitrogen and oxygen atoms in total. The second-order valence-corrected chi connectivity index (χ2v) is 6.77. The molecule has 0 amide bonds. The monoisotopic (exact) mass is 310 g/mol. The average Bonchev–Trinajstić information content (AvgIpc) is 2.92. The van der Waals surface area contributed by atoms with Crippen LogP contribution in [0.2, 0.25) is 0 Å². The van der Waals surface area contributed by atoms with Gasteiger partial charge in [0.25, 0.3) is 0 Å². The lowest BCUT2D eigenvalue weighted by molar-refractivity contribution is 0.154. The van der Waals surface area contributed by atoms with E-state index in [1.807, 2.05) is 47.1 Å². The maximum atomic E-state index is 8.72. The molecule has 0 bridgehead atoms. The van der Waals surface area contributed by atoms with E-state index in [1.54, 1.807) is 0 Å². The lowest BCUT2D eigenvalue weighted by Gasteiger charge is -2.35. The minimum atomic E-state index is -1.15. The van der Waals surface area contributed by atoms with E-state index in [-0.39, 0.29) is 12.5 Å². The molecule has 0 spiro atoms. The van der Waals surface area contributed by atoms with Crippen LogP contribution in [0.25, 0.3) is 0 Å². The molecule has 1 rings (SSSR count). The summed E-state index contributed by atoms with van der Waals surface area (Å²) >= 11 is 0. The lowest BCUT2D eigenvalue weighted by atomic mass is 10.0. The molecule has 1 aliphatic rings. The summed E-state index contributed by atoms with van der Waals surface area (Å²) in [5.41, 5.74) is 0. The molecular weight excluding hydrogens is 285 g/mol. The SMILES string of the molecule is CN(C)C(N(C)C)P(OCC#N)OCCC[C]1[CH][CH][CH][CH]1. The van der Waals surface area contributed by atoms with Crippen LogP contribution in [-0.2, 0) is 9.05 Å². The highest BCUT2D eigenvalue weighted by Gasteiger charge is 2.28. The van der Waals surface area contributed by atoms with E-state index >= 15 is 0 Å². The zero-order chi connectivity index (χ0) is 15.7. The van der Waals surface area contributed by atoms with E-state index < -0.39 is 8.38 Å². The summed E-state index contributed by atoms with van der Waals surface area (Å²) in [7, 11) is 6.81. The Bertz CT molecular complexity index is 307. The Balaban J connectivity index is 2.38. The minimum Gasteiger partial charge on any atom is -0.332 e. The van der Waals surface area contributed by atoms with Crippen molar-refractivity contribution < 1.29 is 9.05 Å². The van der Waals surface area contributed by atoms with Gasteiger partial charge in [-0.1, -0.05) is 0 Å². The third-order valence-corrected chi connectivity index (χ3v) is 5.05. The first-order valence-corrected chi connectivity index (χ1v) is 8.26. The summed E-state index contributed by atoms with van der Waals surface area (Å²) < 4.78 is 11.5. The van der Waals surface area contributed by atoms with Gasteiger partial charge in [-0.3, -0.25) is 9.80 Å². The minimum absolute atomic E-state index is 0.0345. The largest absolute Gasteiger partial charge is 0.332 e. The molecule has 1 aliphatic carbocycles. The highest BCUT2D eigenvalue weighted by atomic mass is 31.2. The molecule has 1 atom stereocenters. The van der Waals surface area contributed by atoms with Crippen molar-refractivity contribution in [3.63, 3.8) is 0 Å². The van der Waals surface area contributed by atoms with Crippen molar-refractivity contribution in [1.82, 2.24) is 9.80 Å². The van der Waals surface area contributed by atoms with Crippen molar-refractivity contribution in [1.29, 1.82) is 5.26 Å². The topological polar surface area (TPSA) is 48.7 Å². The maximum Gasteiger partial charge on any atom is 0.206 e. The number of nitrogens with zero attached hydrogens (tertiary/aromatic N) is 3. The Labute approximate surface area is 131 Å². The fraction of sp³-hybridized carbons (Fsp3) is 0.600. The maximum absolute atomic E-state index is 8.72. The predicted octanol–water partition coefficient (Wildman–Crippen LogP) is 2.45. The molecule has 21 heavy (non-hydrogen) atoms. The van der Waals surface area contributed by atoms with E-state index in [0.29, 0.717) is 6.61 Å². The van der Waals surface area contributed by atoms with E-state index in [9.17, 15) is 0 Å². The number of rotatable bonds is 10. The lowest BCUT2D eigenvalue weighted by Crippen LogP contribution is -2.39. The zero-order valence-electron chi connectivity index (χ0n) is 13.3. The van der Waals surface area contributed by atoms with Crippen molar-refractivity contribution in [2.45, 2.75) is 18.7 Å². The second-order valence-electron chi connectivity index (χ2n) is 5.22. The second kappa shape index (κ2) is 10.5. The van der Waals surface area contributed by atoms with Crippen LogP contribution < -0.4 is 0 Å². The van der Waals surface area contributed by atoms with Crippen LogP contribution in [0.5, 0.6) is 0 Å². The first-order valence-electron chi connectivity index (χ1n) is 7.01. The quantitative estimate of drug-likeness (QED) is 0.352. The molecule has 0 aromatic carbocycles. The summed E-state index contributed by atoms with van der Waals surface area (Å²) in [5.74, 6) is 1.37. The molecule has 6 heteroatoms. The number of nitriles is 1. The Morgan fingerprint density at radius 1 is 1.14 bits per heavy atom. The Kier molecular flexibility index (Phi) is 9.39. The number of hydrogen-bond acceptors (Lipinski definition) is 5. The van der Waals surface area contributed by atoms with Crippen LogP contribution in [-0.4, -0.2) is 57.1 Å². The summed E-state index contributed by atoms with van der Waals surface area (Å²) in [5, 5.41) is 8.72. The van der Waals surface area contributed by atoms with Gasteiger partial charge in [-0.15, -0.1) is 0 Å². The Morgan fingerprint density at radius 2 is 1.76 bits per heavy atom. The molecule has 1 saturated carbocycles. The van der Waals surface area contributed by atoms with E-state index in [0.717, 1.165) is 12.8 Å². The van der Waals surface area contributed by atoms with E-state index in [1.165, 1.54) is 5.92 Å². The van der Waals surface area contributed by atoms with Crippen LogP contribution in [0, 0.1) is 42.9 Å². The van der Waals surface area contributed by atoms with Crippen molar-refractivity contribution in [2.24, 2.45) is 0 Å². The summed E-state index contributed by atoms with van der Waals surface area (Å²) in [6.07, 6.45) is 10.3. The molecule has 1 fully saturated rings. The van der Waals surface area contributed by atoms with Crippen LogP contribution in [0.4, 0.5) is 0 Å². The van der Waals surface area contributed by atoms with Gasteiger partial charge in [0.05, 0.1) is 12.7 Å². The molecule has 0 heterocycles. The molecule has 0 aromatic heterocycles. The van der Waals surface area contributed by atoms with Gasteiger partial charge in [-0.25, -0.2) is 0 Å². The van der Waals surface area contributed by atoms with Gasteiger partial charge in [0.2, 0.25) is 8.38 Å². The van der Waals surface area contributed by atoms with Gasteiger partial charge in [-0.05, 0) is 72.6 Å². The predicted molar refractivity (Wildman–Crippen MR) is 85.3 cm³/mol. The molecular formula is C15H25N3O2P. The van der Waals surface area contributed by atoms with Gasteiger partial charge in [-0.2, -0.15) is 5.26 Å². The van der Waals surface area contributed by atoms with Crippen LogP contribution in [0.3, 0.4) is 0 Å². The van der Waals surface area contributed by atoms with E-state index in [2.05, 4.69) is 22.6 Å². The van der Waals surface area contributed by atoms with Gasteiger partial charge in [0.1, 0.15) is 12.5 Å². The van der Waals surface area contributed by atoms with Crippen molar-refractivity contribution in [3.05, 3.63) is 31.6 Å². The normalized spacial score (nSPS) is 17.8. The third-order valence-electron chi connectivity index (χ3n) is 2.93. The van der Waals surface area contributed by atoms with E-state index in [4.69, 9.17) is 14.3 Å². The standard InChI is InChI=1S/C15H25N3O2P/c1-17(2)15(18(3)4)21(20-13-11-16)19-12-7-10-14-8-5-6-9-14/h5-6,8-9,15H,7,10,12-13H2,1-4H3. The molecule has 117 valence electrons. The molecule has 5 radical (unpaired) electrons. The first-order chi connectivity index (χ1) is 10.1. The van der Waals surface area contributed by atoms with Gasteiger partial charge < -0.3 is 9.05 Å².